The van der Waals surface area contributed by atoms with Gasteiger partial charge in [-0.2, -0.15) is 4.39 Å². The van der Waals surface area contributed by atoms with E-state index in [-0.39, 0.29) is 30.6 Å². The number of halogens is 1. The third kappa shape index (κ3) is 4.49. The number of hydrogen-bond donors (Lipinski definition) is 1. The Hall–Kier alpha value is -2.02. The standard InChI is InChI=1S/C14H17FN2O4/c15-12-9-10(1-5-16-12)14(20)17-6-2-11(3-7-17)21-8-4-13(18)19/h1,5,9,11H,2-4,6-8H2,(H,18,19). The van der Waals surface area contributed by atoms with Crippen LogP contribution in [0.15, 0.2) is 18.3 Å². The summed E-state index contributed by atoms with van der Waals surface area (Å²) < 4.78 is 18.5. The minimum absolute atomic E-state index is 0.0184. The summed E-state index contributed by atoms with van der Waals surface area (Å²) in [4.78, 5) is 27.6. The molecule has 0 unspecified atom stereocenters. The fourth-order valence-corrected chi connectivity index (χ4v) is 2.26. The minimum Gasteiger partial charge on any atom is -0.481 e. The first-order valence-electron chi connectivity index (χ1n) is 6.80. The van der Waals surface area contributed by atoms with Gasteiger partial charge in [0, 0.05) is 30.9 Å². The van der Waals surface area contributed by atoms with Crippen molar-refractivity contribution in [2.24, 2.45) is 0 Å². The molecule has 1 amide bonds. The lowest BCUT2D eigenvalue weighted by molar-refractivity contribution is -0.138. The number of carbonyl (C=O) groups excluding carboxylic acids is 1. The molecule has 0 aliphatic carbocycles. The van der Waals surface area contributed by atoms with E-state index >= 15 is 0 Å². The number of rotatable bonds is 5. The Morgan fingerprint density at radius 3 is 2.76 bits per heavy atom. The summed E-state index contributed by atoms with van der Waals surface area (Å²) in [6, 6.07) is 2.61. The van der Waals surface area contributed by atoms with Gasteiger partial charge in [-0.3, -0.25) is 9.59 Å². The van der Waals surface area contributed by atoms with E-state index in [1.165, 1.54) is 12.3 Å². The van der Waals surface area contributed by atoms with Crippen LogP contribution in [-0.4, -0.2) is 52.7 Å². The Morgan fingerprint density at radius 1 is 1.43 bits per heavy atom. The number of ether oxygens (including phenoxy) is 1. The molecule has 1 aliphatic heterocycles. The molecule has 1 aromatic rings. The van der Waals surface area contributed by atoms with Gasteiger partial charge in [0.25, 0.3) is 5.91 Å². The quantitative estimate of drug-likeness (QED) is 0.829. The number of hydrogen-bond acceptors (Lipinski definition) is 4. The maximum atomic E-state index is 13.0. The molecule has 1 N–H and O–H groups in total. The Labute approximate surface area is 121 Å². The van der Waals surface area contributed by atoms with Crippen LogP contribution < -0.4 is 0 Å². The van der Waals surface area contributed by atoms with E-state index < -0.39 is 11.9 Å². The fraction of sp³-hybridized carbons (Fsp3) is 0.500. The van der Waals surface area contributed by atoms with Gasteiger partial charge in [-0.25, -0.2) is 4.98 Å². The Kier molecular flexibility index (Phi) is 5.21. The molecule has 0 radical (unpaired) electrons. The number of nitrogens with zero attached hydrogens (tertiary/aromatic N) is 2. The van der Waals surface area contributed by atoms with Gasteiger partial charge in [0.1, 0.15) is 0 Å². The molecule has 1 fully saturated rings. The molecule has 1 aromatic heterocycles. The van der Waals surface area contributed by atoms with Crippen molar-refractivity contribution in [1.29, 1.82) is 0 Å². The van der Waals surface area contributed by atoms with Crippen molar-refractivity contribution in [2.45, 2.75) is 25.4 Å². The van der Waals surface area contributed by atoms with Gasteiger partial charge in [0.2, 0.25) is 5.95 Å². The molecular formula is C14H17FN2O4. The second-order valence-electron chi connectivity index (χ2n) is 4.87. The summed E-state index contributed by atoms with van der Waals surface area (Å²) in [5.74, 6) is -1.78. The summed E-state index contributed by atoms with van der Waals surface area (Å²) in [6.07, 6.45) is 2.53. The zero-order chi connectivity index (χ0) is 15.2. The number of pyridine rings is 1. The largest absolute Gasteiger partial charge is 0.481 e. The van der Waals surface area contributed by atoms with Gasteiger partial charge in [-0.05, 0) is 18.9 Å². The van der Waals surface area contributed by atoms with E-state index in [9.17, 15) is 14.0 Å². The zero-order valence-electron chi connectivity index (χ0n) is 11.5. The van der Waals surface area contributed by atoms with Gasteiger partial charge in [0.15, 0.2) is 0 Å². The highest BCUT2D eigenvalue weighted by Crippen LogP contribution is 2.16. The molecule has 114 valence electrons. The molecule has 0 saturated carbocycles. The second kappa shape index (κ2) is 7.12. The van der Waals surface area contributed by atoms with E-state index in [0.717, 1.165) is 6.07 Å². The topological polar surface area (TPSA) is 79.7 Å². The van der Waals surface area contributed by atoms with E-state index in [2.05, 4.69) is 4.98 Å². The van der Waals surface area contributed by atoms with Gasteiger partial charge >= 0.3 is 5.97 Å². The predicted octanol–water partition coefficient (Wildman–Crippen LogP) is 1.32. The molecular weight excluding hydrogens is 279 g/mol. The summed E-state index contributed by atoms with van der Waals surface area (Å²) in [7, 11) is 0. The predicted molar refractivity (Wildman–Crippen MR) is 71.3 cm³/mol. The highest BCUT2D eigenvalue weighted by Gasteiger charge is 2.24. The molecule has 1 aliphatic rings. The average molecular weight is 296 g/mol. The summed E-state index contributed by atoms with van der Waals surface area (Å²) in [5.41, 5.74) is 0.285. The first-order valence-corrected chi connectivity index (χ1v) is 6.80. The van der Waals surface area contributed by atoms with Crippen molar-refractivity contribution in [1.82, 2.24) is 9.88 Å². The fourth-order valence-electron chi connectivity index (χ4n) is 2.26. The number of piperidine rings is 1. The third-order valence-electron chi connectivity index (χ3n) is 3.37. The van der Waals surface area contributed by atoms with Crippen LogP contribution in [0.5, 0.6) is 0 Å². The number of likely N-dealkylation sites (tertiary alicyclic amines) is 1. The SMILES string of the molecule is O=C(O)CCOC1CCN(C(=O)c2ccnc(F)c2)CC1. The normalized spacial score (nSPS) is 16.0. The van der Waals surface area contributed by atoms with Crippen molar-refractivity contribution < 1.29 is 23.8 Å². The first-order chi connectivity index (χ1) is 10.1. The molecule has 21 heavy (non-hydrogen) atoms. The third-order valence-corrected chi connectivity index (χ3v) is 3.37. The molecule has 7 heteroatoms. The summed E-state index contributed by atoms with van der Waals surface area (Å²) >= 11 is 0. The number of carboxylic acid groups (broad SMARTS) is 1. The highest BCUT2D eigenvalue weighted by molar-refractivity contribution is 5.94. The van der Waals surface area contributed by atoms with Crippen LogP contribution in [0.1, 0.15) is 29.6 Å². The van der Waals surface area contributed by atoms with E-state index in [1.54, 1.807) is 4.90 Å². The monoisotopic (exact) mass is 296 g/mol. The van der Waals surface area contributed by atoms with Crippen molar-refractivity contribution in [3.63, 3.8) is 0 Å². The van der Waals surface area contributed by atoms with Gasteiger partial charge in [0.05, 0.1) is 19.1 Å². The number of carbonyl (C=O) groups is 2. The van der Waals surface area contributed by atoms with Crippen molar-refractivity contribution in [3.05, 3.63) is 29.8 Å². The van der Waals surface area contributed by atoms with Crippen LogP contribution in [0.2, 0.25) is 0 Å². The van der Waals surface area contributed by atoms with E-state index in [0.29, 0.717) is 25.9 Å². The molecule has 0 atom stereocenters. The molecule has 1 saturated heterocycles. The number of aliphatic carboxylic acids is 1. The van der Waals surface area contributed by atoms with Crippen molar-refractivity contribution in [2.75, 3.05) is 19.7 Å². The Balaban J connectivity index is 1.81. The number of amides is 1. The van der Waals surface area contributed by atoms with Gasteiger partial charge in [-0.1, -0.05) is 0 Å². The van der Waals surface area contributed by atoms with Gasteiger partial charge in [-0.15, -0.1) is 0 Å². The molecule has 2 rings (SSSR count). The van der Waals surface area contributed by atoms with Crippen LogP contribution in [0.25, 0.3) is 0 Å². The minimum atomic E-state index is -0.887. The van der Waals surface area contributed by atoms with E-state index in [1.807, 2.05) is 0 Å². The van der Waals surface area contributed by atoms with Crippen LogP contribution >= 0.6 is 0 Å². The molecule has 2 heterocycles. The number of carboxylic acids is 1. The van der Waals surface area contributed by atoms with Crippen LogP contribution in [0, 0.1) is 5.95 Å². The average Bonchev–Trinajstić information content (AvgIpc) is 2.47. The molecule has 0 aromatic carbocycles. The Bertz CT molecular complexity index is 515. The Morgan fingerprint density at radius 2 is 2.14 bits per heavy atom. The zero-order valence-corrected chi connectivity index (χ0v) is 11.5. The lowest BCUT2D eigenvalue weighted by atomic mass is 10.1. The smallest absolute Gasteiger partial charge is 0.305 e. The summed E-state index contributed by atoms with van der Waals surface area (Å²) in [6.45, 7) is 1.21. The lowest BCUT2D eigenvalue weighted by Crippen LogP contribution is -2.41. The number of aromatic nitrogens is 1. The molecule has 0 bridgehead atoms. The lowest BCUT2D eigenvalue weighted by Gasteiger charge is -2.32. The van der Waals surface area contributed by atoms with Crippen molar-refractivity contribution >= 4 is 11.9 Å². The van der Waals surface area contributed by atoms with Crippen molar-refractivity contribution in [3.8, 4) is 0 Å². The van der Waals surface area contributed by atoms with Crippen LogP contribution in [0.4, 0.5) is 4.39 Å². The van der Waals surface area contributed by atoms with Crippen LogP contribution in [0.3, 0.4) is 0 Å². The molecule has 6 nitrogen and oxygen atoms in total. The molecule has 0 spiro atoms. The maximum Gasteiger partial charge on any atom is 0.305 e. The van der Waals surface area contributed by atoms with Crippen LogP contribution in [-0.2, 0) is 9.53 Å². The first kappa shape index (κ1) is 15.4. The van der Waals surface area contributed by atoms with E-state index in [4.69, 9.17) is 9.84 Å². The highest BCUT2D eigenvalue weighted by atomic mass is 19.1. The maximum absolute atomic E-state index is 13.0. The van der Waals surface area contributed by atoms with Gasteiger partial charge < -0.3 is 14.7 Å². The summed E-state index contributed by atoms with van der Waals surface area (Å²) in [5, 5.41) is 8.54. The second-order valence-corrected chi connectivity index (χ2v) is 4.87.